The summed E-state index contributed by atoms with van der Waals surface area (Å²) in [7, 11) is 1.23. The number of nitrogens with one attached hydrogen (secondary N) is 1. The lowest BCUT2D eigenvalue weighted by Gasteiger charge is -2.42. The van der Waals surface area contributed by atoms with Crippen molar-refractivity contribution >= 4 is 29.6 Å². The van der Waals surface area contributed by atoms with E-state index in [1.807, 2.05) is 0 Å². The number of nitrogens with zero attached hydrogens (tertiary/aromatic N) is 3. The molecule has 0 aliphatic carbocycles. The summed E-state index contributed by atoms with van der Waals surface area (Å²) in [6.45, 7) is 7.63. The predicted octanol–water partition coefficient (Wildman–Crippen LogP) is 1.63. The highest BCUT2D eigenvalue weighted by molar-refractivity contribution is 5.97. The number of aliphatic carboxylic acids is 1. The van der Waals surface area contributed by atoms with Gasteiger partial charge in [-0.1, -0.05) is 20.8 Å². The first-order chi connectivity index (χ1) is 16.5. The maximum absolute atomic E-state index is 13.4. The molecule has 0 aromatic rings. The second-order valence-electron chi connectivity index (χ2n) is 9.81. The molecule has 4 amide bonds. The van der Waals surface area contributed by atoms with E-state index < -0.39 is 65.7 Å². The van der Waals surface area contributed by atoms with E-state index >= 15 is 0 Å². The van der Waals surface area contributed by atoms with Crippen molar-refractivity contribution < 1.29 is 42.3 Å². The van der Waals surface area contributed by atoms with Gasteiger partial charge in [0.1, 0.15) is 17.6 Å². The third-order valence-electron chi connectivity index (χ3n) is 6.18. The van der Waals surface area contributed by atoms with Crippen molar-refractivity contribution in [3.8, 4) is 0 Å². The van der Waals surface area contributed by atoms with Crippen molar-refractivity contribution in [1.82, 2.24) is 20.0 Å². The third-order valence-corrected chi connectivity index (χ3v) is 6.18. The molecule has 206 valence electrons. The van der Waals surface area contributed by atoms with Gasteiger partial charge in [0, 0.05) is 26.7 Å². The molecular weight excluding hydrogens is 485 g/mol. The molecule has 2 atom stereocenters. The van der Waals surface area contributed by atoms with Crippen molar-refractivity contribution in [3.63, 3.8) is 0 Å². The maximum Gasteiger partial charge on any atom is 0.471 e. The largest absolute Gasteiger partial charge is 0.481 e. The minimum absolute atomic E-state index is 0.159. The molecule has 0 saturated carbocycles. The van der Waals surface area contributed by atoms with Crippen LogP contribution in [0.3, 0.4) is 0 Å². The van der Waals surface area contributed by atoms with Crippen LogP contribution < -0.4 is 5.32 Å². The lowest BCUT2D eigenvalue weighted by Crippen LogP contribution is -2.64. The van der Waals surface area contributed by atoms with E-state index in [0.717, 1.165) is 17.7 Å². The summed E-state index contributed by atoms with van der Waals surface area (Å²) >= 11 is 0. The molecule has 1 rings (SSSR count). The van der Waals surface area contributed by atoms with Gasteiger partial charge in [0.05, 0.1) is 6.42 Å². The van der Waals surface area contributed by atoms with E-state index in [4.69, 9.17) is 0 Å². The Balaban J connectivity index is 3.23. The summed E-state index contributed by atoms with van der Waals surface area (Å²) in [6, 6.07) is -2.61. The highest BCUT2D eigenvalue weighted by Crippen LogP contribution is 2.27. The van der Waals surface area contributed by atoms with Gasteiger partial charge < -0.3 is 25.1 Å². The molecule has 1 heterocycles. The first-order valence-electron chi connectivity index (χ1n) is 11.9. The number of carbonyl (C=O) groups is 5. The van der Waals surface area contributed by atoms with Crippen LogP contribution >= 0.6 is 0 Å². The third kappa shape index (κ3) is 7.57. The van der Waals surface area contributed by atoms with E-state index in [1.165, 1.54) is 25.8 Å². The molecule has 1 aliphatic rings. The van der Waals surface area contributed by atoms with E-state index in [2.05, 4.69) is 5.32 Å². The molecule has 0 radical (unpaired) electrons. The lowest BCUT2D eigenvalue weighted by molar-refractivity contribution is -0.193. The molecule has 1 saturated heterocycles. The zero-order valence-electron chi connectivity index (χ0n) is 21.6. The molecule has 1 unspecified atom stereocenters. The Labute approximate surface area is 209 Å². The monoisotopic (exact) mass is 522 g/mol. The number of likely N-dealkylation sites (N-methyl/N-ethyl adjacent to an activating group) is 1. The minimum atomic E-state index is -5.19. The van der Waals surface area contributed by atoms with Crippen LogP contribution in [0.25, 0.3) is 0 Å². The Bertz CT molecular complexity index is 840. The van der Waals surface area contributed by atoms with Crippen LogP contribution in [0.5, 0.6) is 0 Å². The van der Waals surface area contributed by atoms with Gasteiger partial charge in [-0.15, -0.1) is 0 Å². The number of rotatable bonds is 11. The first-order valence-corrected chi connectivity index (χ1v) is 11.9. The fourth-order valence-electron chi connectivity index (χ4n) is 4.40. The summed E-state index contributed by atoms with van der Waals surface area (Å²) in [6.07, 6.45) is -4.19. The standard InChI is InChI=1S/C23H37F3N4O6/c1-7-10-30(21(36)23(24,25)26)22(4,5)20(35)28(6)17(14(2)3)18(33)27-15(13-16(31)32)19(34)29-11-8-9-12-29/h14-15,17H,7-13H2,1-6H3,(H,27,33)(H,31,32)/t15-,17?/m0/s1. The van der Waals surface area contributed by atoms with Gasteiger partial charge in [0.2, 0.25) is 17.7 Å². The number of amides is 4. The molecule has 36 heavy (non-hydrogen) atoms. The van der Waals surface area contributed by atoms with Gasteiger partial charge in [-0.2, -0.15) is 13.2 Å². The van der Waals surface area contributed by atoms with Crippen LogP contribution in [0.1, 0.15) is 60.3 Å². The molecule has 13 heteroatoms. The molecule has 1 aliphatic heterocycles. The molecular formula is C23H37F3N4O6. The van der Waals surface area contributed by atoms with Crippen LogP contribution in [0.2, 0.25) is 0 Å². The number of alkyl halides is 3. The van der Waals surface area contributed by atoms with Gasteiger partial charge in [-0.25, -0.2) is 0 Å². The minimum Gasteiger partial charge on any atom is -0.481 e. The number of carboxylic acids is 1. The van der Waals surface area contributed by atoms with Crippen molar-refractivity contribution in [2.75, 3.05) is 26.7 Å². The Kier molecular flexibility index (Phi) is 10.7. The van der Waals surface area contributed by atoms with E-state index in [9.17, 15) is 42.3 Å². The van der Waals surface area contributed by atoms with E-state index in [-0.39, 0.29) is 13.0 Å². The van der Waals surface area contributed by atoms with Gasteiger partial charge in [-0.3, -0.25) is 24.0 Å². The predicted molar refractivity (Wildman–Crippen MR) is 124 cm³/mol. The summed E-state index contributed by atoms with van der Waals surface area (Å²) in [5.74, 6) is -6.31. The fraction of sp³-hybridized carbons (Fsp3) is 0.783. The topological polar surface area (TPSA) is 127 Å². The molecule has 0 spiro atoms. The molecule has 0 bridgehead atoms. The van der Waals surface area contributed by atoms with E-state index in [1.54, 1.807) is 20.8 Å². The van der Waals surface area contributed by atoms with Crippen molar-refractivity contribution in [1.29, 1.82) is 0 Å². The number of likely N-dealkylation sites (tertiary alicyclic amines) is 1. The van der Waals surface area contributed by atoms with Crippen molar-refractivity contribution in [2.24, 2.45) is 5.92 Å². The normalized spacial score (nSPS) is 15.9. The van der Waals surface area contributed by atoms with Crippen molar-refractivity contribution in [3.05, 3.63) is 0 Å². The zero-order chi connectivity index (χ0) is 28.0. The Morgan fingerprint density at radius 3 is 1.97 bits per heavy atom. The van der Waals surface area contributed by atoms with Gasteiger partial charge in [-0.05, 0) is 39.0 Å². The number of carboxylic acid groups (broad SMARTS) is 1. The quantitative estimate of drug-likeness (QED) is 0.425. The highest BCUT2D eigenvalue weighted by Gasteiger charge is 2.50. The van der Waals surface area contributed by atoms with Crippen molar-refractivity contribution in [2.45, 2.75) is 84.1 Å². The van der Waals surface area contributed by atoms with Crippen LogP contribution in [0, 0.1) is 5.92 Å². The molecule has 2 N–H and O–H groups in total. The average Bonchev–Trinajstić information content (AvgIpc) is 3.29. The summed E-state index contributed by atoms with van der Waals surface area (Å²) < 4.78 is 39.7. The maximum atomic E-state index is 13.4. The average molecular weight is 523 g/mol. The van der Waals surface area contributed by atoms with Crippen LogP contribution in [-0.4, -0.2) is 99.9 Å². The second-order valence-corrected chi connectivity index (χ2v) is 9.81. The second kappa shape index (κ2) is 12.4. The van der Waals surface area contributed by atoms with Gasteiger partial charge in [0.15, 0.2) is 0 Å². The lowest BCUT2D eigenvalue weighted by atomic mass is 9.95. The molecule has 0 aromatic carbocycles. The summed E-state index contributed by atoms with van der Waals surface area (Å²) in [5, 5.41) is 11.7. The van der Waals surface area contributed by atoms with Crippen LogP contribution in [0.15, 0.2) is 0 Å². The smallest absolute Gasteiger partial charge is 0.471 e. The summed E-state index contributed by atoms with van der Waals surface area (Å²) in [5.41, 5.74) is -1.95. The molecule has 10 nitrogen and oxygen atoms in total. The Hall–Kier alpha value is -2.86. The van der Waals surface area contributed by atoms with Gasteiger partial charge >= 0.3 is 18.1 Å². The number of hydrogen-bond donors (Lipinski definition) is 2. The first kappa shape index (κ1) is 31.2. The highest BCUT2D eigenvalue weighted by atomic mass is 19.4. The fourth-order valence-corrected chi connectivity index (χ4v) is 4.40. The van der Waals surface area contributed by atoms with Gasteiger partial charge in [0.25, 0.3) is 0 Å². The number of carbonyl (C=O) groups excluding carboxylic acids is 4. The Morgan fingerprint density at radius 2 is 1.56 bits per heavy atom. The SMILES string of the molecule is CCCN(C(=O)C(F)(F)F)C(C)(C)C(=O)N(C)C(C(=O)N[C@@H](CC(=O)O)C(=O)N1CCCC1)C(C)C. The summed E-state index contributed by atoms with van der Waals surface area (Å²) in [4.78, 5) is 65.7. The Morgan fingerprint density at radius 1 is 1.03 bits per heavy atom. The molecule has 0 aromatic heterocycles. The zero-order valence-corrected chi connectivity index (χ0v) is 21.6. The van der Waals surface area contributed by atoms with E-state index in [0.29, 0.717) is 18.0 Å². The van der Waals surface area contributed by atoms with Crippen LogP contribution in [0.4, 0.5) is 13.2 Å². The number of hydrogen-bond acceptors (Lipinski definition) is 5. The molecule has 1 fully saturated rings. The van der Waals surface area contributed by atoms with Crippen LogP contribution in [-0.2, 0) is 24.0 Å². The number of halogens is 3.